The van der Waals surface area contributed by atoms with Gasteiger partial charge in [0.05, 0.1) is 6.61 Å². The topological polar surface area (TPSA) is 43.4 Å². The number of hydrogen-bond acceptors (Lipinski definition) is 4. The first-order chi connectivity index (χ1) is 9.38. The molecule has 4 heteroatoms. The second-order valence-electron chi connectivity index (χ2n) is 4.08. The zero-order valence-electron chi connectivity index (χ0n) is 11.0. The molecule has 0 fully saturated rings. The lowest BCUT2D eigenvalue weighted by atomic mass is 10.2. The number of nitrogens with zero attached hydrogens (tertiary/aromatic N) is 1. The summed E-state index contributed by atoms with van der Waals surface area (Å²) in [6.07, 6.45) is 3.63. The maximum absolute atomic E-state index is 5.50. The second kappa shape index (κ2) is 7.38. The van der Waals surface area contributed by atoms with Crippen molar-refractivity contribution in [1.29, 1.82) is 0 Å². The van der Waals surface area contributed by atoms with Crippen molar-refractivity contribution in [3.05, 3.63) is 54.4 Å². The van der Waals surface area contributed by atoms with Crippen molar-refractivity contribution in [1.82, 2.24) is 4.98 Å². The fourth-order valence-corrected chi connectivity index (χ4v) is 1.62. The van der Waals surface area contributed by atoms with E-state index in [0.29, 0.717) is 13.2 Å². The lowest BCUT2D eigenvalue weighted by Crippen LogP contribution is -2.04. The van der Waals surface area contributed by atoms with Crippen molar-refractivity contribution in [2.24, 2.45) is 0 Å². The lowest BCUT2D eigenvalue weighted by Gasteiger charge is -2.08. The molecule has 1 aromatic heterocycles. The van der Waals surface area contributed by atoms with Crippen LogP contribution >= 0.6 is 0 Å². The number of aromatic nitrogens is 1. The van der Waals surface area contributed by atoms with E-state index in [-0.39, 0.29) is 0 Å². The molecular weight excluding hydrogens is 240 g/mol. The molecule has 0 radical (unpaired) electrons. The monoisotopic (exact) mass is 258 g/mol. The molecule has 2 rings (SSSR count). The van der Waals surface area contributed by atoms with Crippen LogP contribution in [0.5, 0.6) is 5.75 Å². The largest absolute Gasteiger partial charge is 0.491 e. The van der Waals surface area contributed by atoms with Crippen LogP contribution in [0.2, 0.25) is 0 Å². The predicted octanol–water partition coefficient (Wildman–Crippen LogP) is 2.72. The Bertz CT molecular complexity index is 471. The van der Waals surface area contributed by atoms with Crippen molar-refractivity contribution in [2.45, 2.75) is 6.54 Å². The van der Waals surface area contributed by atoms with Gasteiger partial charge in [0.1, 0.15) is 12.4 Å². The summed E-state index contributed by atoms with van der Waals surface area (Å²) in [5.74, 6) is 0.851. The first-order valence-electron chi connectivity index (χ1n) is 6.23. The Labute approximate surface area is 113 Å². The Balaban J connectivity index is 1.81. The van der Waals surface area contributed by atoms with Crippen LogP contribution in [0, 0.1) is 0 Å². The molecule has 0 saturated carbocycles. The van der Waals surface area contributed by atoms with Crippen LogP contribution in [-0.4, -0.2) is 25.3 Å². The normalized spacial score (nSPS) is 10.2. The van der Waals surface area contributed by atoms with Crippen LogP contribution in [0.25, 0.3) is 0 Å². The van der Waals surface area contributed by atoms with Gasteiger partial charge in [-0.05, 0) is 35.9 Å². The molecule has 1 N–H and O–H groups in total. The maximum atomic E-state index is 5.50. The van der Waals surface area contributed by atoms with Crippen molar-refractivity contribution in [3.8, 4) is 5.75 Å². The molecule has 0 aliphatic carbocycles. The van der Waals surface area contributed by atoms with E-state index in [4.69, 9.17) is 9.47 Å². The van der Waals surface area contributed by atoms with Gasteiger partial charge in [-0.2, -0.15) is 0 Å². The highest BCUT2D eigenvalue weighted by molar-refractivity contribution is 5.46. The number of ether oxygens (including phenoxy) is 2. The van der Waals surface area contributed by atoms with E-state index < -0.39 is 0 Å². The SMILES string of the molecule is COCCOc1ccc(NCc2cccnc2)cc1. The summed E-state index contributed by atoms with van der Waals surface area (Å²) in [7, 11) is 1.66. The van der Waals surface area contributed by atoms with Crippen molar-refractivity contribution in [2.75, 3.05) is 25.6 Å². The molecular formula is C15H18N2O2. The fraction of sp³-hybridized carbons (Fsp3) is 0.267. The van der Waals surface area contributed by atoms with E-state index in [2.05, 4.69) is 10.3 Å². The molecule has 0 spiro atoms. The van der Waals surface area contributed by atoms with Crippen molar-refractivity contribution in [3.63, 3.8) is 0 Å². The number of benzene rings is 1. The van der Waals surface area contributed by atoms with Crippen LogP contribution in [0.1, 0.15) is 5.56 Å². The highest BCUT2D eigenvalue weighted by Crippen LogP contribution is 2.16. The molecule has 0 aliphatic rings. The number of pyridine rings is 1. The van der Waals surface area contributed by atoms with Gasteiger partial charge in [-0.1, -0.05) is 6.07 Å². The van der Waals surface area contributed by atoms with Gasteiger partial charge in [-0.3, -0.25) is 4.98 Å². The molecule has 0 bridgehead atoms. The summed E-state index contributed by atoms with van der Waals surface area (Å²) in [5.41, 5.74) is 2.21. The van der Waals surface area contributed by atoms with E-state index >= 15 is 0 Å². The van der Waals surface area contributed by atoms with Crippen molar-refractivity contribution < 1.29 is 9.47 Å². The van der Waals surface area contributed by atoms with E-state index in [1.807, 2.05) is 42.6 Å². The average molecular weight is 258 g/mol. The van der Waals surface area contributed by atoms with Crippen LogP contribution in [0.15, 0.2) is 48.8 Å². The maximum Gasteiger partial charge on any atom is 0.119 e. The van der Waals surface area contributed by atoms with Crippen LogP contribution < -0.4 is 10.1 Å². The molecule has 0 unspecified atom stereocenters. The lowest BCUT2D eigenvalue weighted by molar-refractivity contribution is 0.146. The molecule has 0 aliphatic heterocycles. The first-order valence-corrected chi connectivity index (χ1v) is 6.23. The molecule has 0 amide bonds. The summed E-state index contributed by atoms with van der Waals surface area (Å²) in [5, 5.41) is 3.34. The summed E-state index contributed by atoms with van der Waals surface area (Å²) < 4.78 is 10.4. The molecule has 1 heterocycles. The molecule has 0 saturated heterocycles. The average Bonchev–Trinajstić information content (AvgIpc) is 2.48. The minimum Gasteiger partial charge on any atom is -0.491 e. The number of hydrogen-bond donors (Lipinski definition) is 1. The minimum absolute atomic E-state index is 0.568. The third-order valence-corrected chi connectivity index (χ3v) is 2.63. The Morgan fingerprint density at radius 1 is 1.11 bits per heavy atom. The van der Waals surface area contributed by atoms with Gasteiger partial charge in [-0.15, -0.1) is 0 Å². The van der Waals surface area contributed by atoms with Crippen LogP contribution in [0.3, 0.4) is 0 Å². The van der Waals surface area contributed by atoms with Gasteiger partial charge in [0.15, 0.2) is 0 Å². The summed E-state index contributed by atoms with van der Waals surface area (Å²) in [6, 6.07) is 11.9. The summed E-state index contributed by atoms with van der Waals surface area (Å²) in [6.45, 7) is 1.93. The zero-order valence-corrected chi connectivity index (χ0v) is 11.0. The standard InChI is InChI=1S/C15H18N2O2/c1-18-9-10-19-15-6-4-14(5-7-15)17-12-13-3-2-8-16-11-13/h2-8,11,17H,9-10,12H2,1H3. The summed E-state index contributed by atoms with van der Waals surface area (Å²) in [4.78, 5) is 4.08. The van der Waals surface area contributed by atoms with E-state index in [1.165, 1.54) is 0 Å². The molecule has 100 valence electrons. The Kier molecular flexibility index (Phi) is 5.19. The van der Waals surface area contributed by atoms with Gasteiger partial charge >= 0.3 is 0 Å². The molecule has 4 nitrogen and oxygen atoms in total. The Hall–Kier alpha value is -2.07. The quantitative estimate of drug-likeness (QED) is 0.775. The fourth-order valence-electron chi connectivity index (χ4n) is 1.62. The number of rotatable bonds is 7. The van der Waals surface area contributed by atoms with E-state index in [0.717, 1.165) is 23.5 Å². The molecule has 0 atom stereocenters. The van der Waals surface area contributed by atoms with Gasteiger partial charge in [0.2, 0.25) is 0 Å². The van der Waals surface area contributed by atoms with Crippen molar-refractivity contribution >= 4 is 5.69 Å². The minimum atomic E-state index is 0.568. The summed E-state index contributed by atoms with van der Waals surface area (Å²) >= 11 is 0. The first kappa shape index (κ1) is 13.4. The number of anilines is 1. The number of methoxy groups -OCH3 is 1. The second-order valence-corrected chi connectivity index (χ2v) is 4.08. The highest BCUT2D eigenvalue weighted by Gasteiger charge is 1.96. The predicted molar refractivity (Wildman–Crippen MR) is 75.4 cm³/mol. The third-order valence-electron chi connectivity index (χ3n) is 2.63. The molecule has 19 heavy (non-hydrogen) atoms. The van der Waals surface area contributed by atoms with E-state index in [9.17, 15) is 0 Å². The molecule has 1 aromatic carbocycles. The smallest absolute Gasteiger partial charge is 0.119 e. The van der Waals surface area contributed by atoms with Crippen LogP contribution in [0.4, 0.5) is 5.69 Å². The van der Waals surface area contributed by atoms with Gasteiger partial charge in [-0.25, -0.2) is 0 Å². The van der Waals surface area contributed by atoms with Gasteiger partial charge < -0.3 is 14.8 Å². The highest BCUT2D eigenvalue weighted by atomic mass is 16.5. The Morgan fingerprint density at radius 2 is 1.95 bits per heavy atom. The zero-order chi connectivity index (χ0) is 13.3. The van der Waals surface area contributed by atoms with Gasteiger partial charge in [0, 0.05) is 31.7 Å². The number of nitrogens with one attached hydrogen (secondary N) is 1. The third kappa shape index (κ3) is 4.60. The van der Waals surface area contributed by atoms with E-state index in [1.54, 1.807) is 13.3 Å². The Morgan fingerprint density at radius 3 is 2.63 bits per heavy atom. The molecule has 2 aromatic rings. The van der Waals surface area contributed by atoms with Gasteiger partial charge in [0.25, 0.3) is 0 Å². The van der Waals surface area contributed by atoms with Crippen LogP contribution in [-0.2, 0) is 11.3 Å².